The summed E-state index contributed by atoms with van der Waals surface area (Å²) in [5.41, 5.74) is 2.60. The molecule has 194 valence electrons. The first-order chi connectivity index (χ1) is 15.7. The van der Waals surface area contributed by atoms with Gasteiger partial charge in [-0.2, -0.15) is 0 Å². The molecule has 0 aromatic heterocycles. The molecule has 34 heavy (non-hydrogen) atoms. The number of likely N-dealkylation sites (N-methyl/N-ethyl adjacent to an activating group) is 1. The maximum atomic E-state index is 11.7. The van der Waals surface area contributed by atoms with Gasteiger partial charge in [-0.05, 0) is 52.1 Å². The van der Waals surface area contributed by atoms with Gasteiger partial charge in [-0.3, -0.25) is 14.5 Å². The fourth-order valence-electron chi connectivity index (χ4n) is 3.57. The molecule has 0 spiro atoms. The number of carbonyl (C=O) groups excluding carboxylic acids is 2. The maximum Gasteiger partial charge on any atom is 0.242 e. The molecular weight excluding hydrogens is 442 g/mol. The zero-order chi connectivity index (χ0) is 26.5. The van der Waals surface area contributed by atoms with Crippen LogP contribution in [0.5, 0.6) is 0 Å². The fourth-order valence-corrected chi connectivity index (χ4v) is 5.00. The van der Waals surface area contributed by atoms with Crippen LogP contribution in [0.3, 0.4) is 0 Å². The van der Waals surface area contributed by atoms with Crippen LogP contribution in [-0.2, 0) is 9.59 Å². The van der Waals surface area contributed by atoms with Crippen molar-refractivity contribution < 1.29 is 9.59 Å². The van der Waals surface area contributed by atoms with Crippen molar-refractivity contribution in [2.45, 2.75) is 78.5 Å². The van der Waals surface area contributed by atoms with E-state index in [0.717, 1.165) is 12.5 Å². The first-order valence-electron chi connectivity index (χ1n) is 12.2. The van der Waals surface area contributed by atoms with Crippen LogP contribution in [0.4, 0.5) is 0 Å². The van der Waals surface area contributed by atoms with E-state index in [4.69, 9.17) is 0 Å². The summed E-state index contributed by atoms with van der Waals surface area (Å²) >= 11 is 2.05. The Morgan fingerprint density at radius 2 is 1.71 bits per heavy atom. The third-order valence-corrected chi connectivity index (χ3v) is 6.53. The number of rotatable bonds is 7. The van der Waals surface area contributed by atoms with Gasteiger partial charge < -0.3 is 10.2 Å². The van der Waals surface area contributed by atoms with E-state index in [-0.39, 0.29) is 18.5 Å². The van der Waals surface area contributed by atoms with Gasteiger partial charge in [0.15, 0.2) is 0 Å². The molecule has 5 nitrogen and oxygen atoms in total. The van der Waals surface area contributed by atoms with Crippen LogP contribution >= 0.6 is 11.8 Å². The molecular formula is C28H49N3O2S. The van der Waals surface area contributed by atoms with E-state index in [1.165, 1.54) is 11.1 Å². The first-order valence-corrected chi connectivity index (χ1v) is 13.1. The SMILES string of the molecule is CC(C)=C[C@H](C(C)C)N(C)C(=O)CNC=O.CC(C)C.CN1CC(C)(C)S[C@@H]1c1ccccc1. The summed E-state index contributed by atoms with van der Waals surface area (Å²) in [6.45, 7) is 20.5. The highest BCUT2D eigenvalue weighted by atomic mass is 32.2. The molecule has 1 fully saturated rings. The lowest BCUT2D eigenvalue weighted by Gasteiger charge is -2.29. The molecule has 1 aliphatic heterocycles. The van der Waals surface area contributed by atoms with Gasteiger partial charge in [-0.1, -0.05) is 76.6 Å². The summed E-state index contributed by atoms with van der Waals surface area (Å²) in [4.78, 5) is 25.9. The van der Waals surface area contributed by atoms with Crippen LogP contribution in [0, 0.1) is 11.8 Å². The lowest BCUT2D eigenvalue weighted by molar-refractivity contribution is -0.131. The highest BCUT2D eigenvalue weighted by Crippen LogP contribution is 2.47. The number of hydrogen-bond donors (Lipinski definition) is 1. The van der Waals surface area contributed by atoms with Gasteiger partial charge in [0, 0.05) is 18.3 Å². The number of carbonyl (C=O) groups is 2. The topological polar surface area (TPSA) is 52.7 Å². The van der Waals surface area contributed by atoms with Gasteiger partial charge in [0.25, 0.3) is 0 Å². The lowest BCUT2D eigenvalue weighted by atomic mass is 10.0. The molecule has 1 N–H and O–H groups in total. The predicted molar refractivity (Wildman–Crippen MR) is 149 cm³/mol. The molecule has 0 aliphatic carbocycles. The Kier molecular flexibility index (Phi) is 15.1. The van der Waals surface area contributed by atoms with Crippen LogP contribution in [0.15, 0.2) is 42.0 Å². The Hall–Kier alpha value is -1.79. The smallest absolute Gasteiger partial charge is 0.242 e. The number of thioether (sulfide) groups is 1. The molecule has 1 aromatic carbocycles. The fraction of sp³-hybridized carbons (Fsp3) is 0.643. The molecule has 2 rings (SSSR count). The van der Waals surface area contributed by atoms with Gasteiger partial charge in [0.1, 0.15) is 0 Å². The van der Waals surface area contributed by atoms with Gasteiger partial charge in [0.05, 0.1) is 18.0 Å². The van der Waals surface area contributed by atoms with E-state index in [2.05, 4.69) is 114 Å². The van der Waals surface area contributed by atoms with Crippen molar-refractivity contribution in [2.24, 2.45) is 11.8 Å². The summed E-state index contributed by atoms with van der Waals surface area (Å²) in [5, 5.41) is 2.92. The minimum absolute atomic E-state index is 0.0554. The molecule has 0 bridgehead atoms. The minimum atomic E-state index is -0.0803. The summed E-state index contributed by atoms with van der Waals surface area (Å²) in [6, 6.07) is 10.8. The Balaban J connectivity index is 0.000000555. The van der Waals surface area contributed by atoms with E-state index in [1.807, 2.05) is 13.8 Å². The zero-order valence-electron chi connectivity index (χ0n) is 23.4. The van der Waals surface area contributed by atoms with E-state index in [9.17, 15) is 9.59 Å². The molecule has 1 aromatic rings. The Morgan fingerprint density at radius 1 is 1.18 bits per heavy atom. The van der Waals surface area contributed by atoms with Gasteiger partial charge in [-0.25, -0.2) is 0 Å². The highest BCUT2D eigenvalue weighted by Gasteiger charge is 2.36. The molecule has 0 unspecified atom stereocenters. The standard InChI is InChI=1S/C12H22N2O2.C12H17NS.C4H10/c1-9(2)6-11(10(3)4)14(5)12(16)7-13-8-15;1-12(2)9-13(3)11(14-12)10-7-5-4-6-8-10;1-4(2)3/h6,8,10-11H,7H2,1-5H3,(H,13,15);4-8,11H,9H2,1-3H3;4H,1-3H3/t2*11-;/m11./s1. The summed E-state index contributed by atoms with van der Waals surface area (Å²) < 4.78 is 0.384. The summed E-state index contributed by atoms with van der Waals surface area (Å²) in [5.74, 6) is 1.10. The highest BCUT2D eigenvalue weighted by molar-refractivity contribution is 8.01. The maximum absolute atomic E-state index is 11.7. The van der Waals surface area contributed by atoms with Gasteiger partial charge in [0.2, 0.25) is 12.3 Å². The number of benzene rings is 1. The molecule has 6 heteroatoms. The second kappa shape index (κ2) is 16.0. The molecule has 0 radical (unpaired) electrons. The van der Waals surface area contributed by atoms with Crippen molar-refractivity contribution in [1.82, 2.24) is 15.1 Å². The van der Waals surface area contributed by atoms with E-state index in [0.29, 0.717) is 22.4 Å². The van der Waals surface area contributed by atoms with Crippen LogP contribution in [0.25, 0.3) is 0 Å². The minimum Gasteiger partial charge on any atom is -0.350 e. The normalized spacial score (nSPS) is 17.6. The van der Waals surface area contributed by atoms with Crippen LogP contribution in [0.2, 0.25) is 0 Å². The van der Waals surface area contributed by atoms with E-state index >= 15 is 0 Å². The Morgan fingerprint density at radius 3 is 2.09 bits per heavy atom. The van der Waals surface area contributed by atoms with Crippen molar-refractivity contribution in [3.8, 4) is 0 Å². The van der Waals surface area contributed by atoms with Gasteiger partial charge >= 0.3 is 0 Å². The number of nitrogens with one attached hydrogen (secondary N) is 1. The van der Waals surface area contributed by atoms with Crippen molar-refractivity contribution in [3.63, 3.8) is 0 Å². The predicted octanol–water partition coefficient (Wildman–Crippen LogP) is 5.99. The summed E-state index contributed by atoms with van der Waals surface area (Å²) in [6.07, 6.45) is 2.61. The van der Waals surface area contributed by atoms with Crippen LogP contribution in [-0.4, -0.2) is 60.1 Å². The van der Waals surface area contributed by atoms with Gasteiger partial charge in [-0.15, -0.1) is 11.8 Å². The molecule has 2 amide bonds. The molecule has 1 aliphatic rings. The molecule has 0 saturated carbocycles. The average molecular weight is 492 g/mol. The largest absolute Gasteiger partial charge is 0.350 e. The van der Waals surface area contributed by atoms with Crippen LogP contribution < -0.4 is 5.32 Å². The van der Waals surface area contributed by atoms with Crippen molar-refractivity contribution in [2.75, 3.05) is 27.2 Å². The quantitative estimate of drug-likeness (QED) is 0.376. The number of nitrogens with zero attached hydrogens (tertiary/aromatic N) is 2. The zero-order valence-corrected chi connectivity index (χ0v) is 24.2. The van der Waals surface area contributed by atoms with Crippen molar-refractivity contribution in [3.05, 3.63) is 47.5 Å². The van der Waals surface area contributed by atoms with Crippen LogP contribution in [0.1, 0.15) is 73.3 Å². The Labute approximate surface area is 213 Å². The molecule has 1 saturated heterocycles. The molecule has 2 atom stereocenters. The third-order valence-electron chi connectivity index (χ3n) is 4.91. The number of allylic oxidation sites excluding steroid dienone is 1. The average Bonchev–Trinajstić information content (AvgIpc) is 3.02. The third kappa shape index (κ3) is 13.2. The second-order valence-electron chi connectivity index (χ2n) is 10.8. The van der Waals surface area contributed by atoms with E-state index in [1.54, 1.807) is 11.9 Å². The monoisotopic (exact) mass is 491 g/mol. The number of amides is 2. The van der Waals surface area contributed by atoms with Crippen molar-refractivity contribution in [1.29, 1.82) is 0 Å². The summed E-state index contributed by atoms with van der Waals surface area (Å²) in [7, 11) is 3.97. The number of hydrogen-bond acceptors (Lipinski definition) is 4. The Bertz CT molecular complexity index is 741. The molecule has 1 heterocycles. The van der Waals surface area contributed by atoms with E-state index < -0.39 is 0 Å². The first kappa shape index (κ1) is 32.2. The second-order valence-corrected chi connectivity index (χ2v) is 12.6. The lowest BCUT2D eigenvalue weighted by Crippen LogP contribution is -2.43. The van der Waals surface area contributed by atoms with Crippen molar-refractivity contribution >= 4 is 24.1 Å².